The molecule has 1 aliphatic rings. The van der Waals surface area contributed by atoms with Crippen LogP contribution in [-0.2, 0) is 6.54 Å². The van der Waals surface area contributed by atoms with Gasteiger partial charge < -0.3 is 20.3 Å². The normalized spacial score (nSPS) is 17.0. The molecule has 0 radical (unpaired) electrons. The second kappa shape index (κ2) is 9.49. The molecule has 0 spiro atoms. The zero-order valence-electron chi connectivity index (χ0n) is 15.8. The molecule has 0 bridgehead atoms. The van der Waals surface area contributed by atoms with Crippen LogP contribution in [0.15, 0.2) is 47.5 Å². The fourth-order valence-electron chi connectivity index (χ4n) is 3.28. The summed E-state index contributed by atoms with van der Waals surface area (Å²) in [6, 6.07) is 10.2. The molecule has 29 heavy (non-hydrogen) atoms. The first-order valence-corrected chi connectivity index (χ1v) is 9.16. The van der Waals surface area contributed by atoms with Gasteiger partial charge in [-0.3, -0.25) is 4.99 Å². The highest BCUT2D eigenvalue weighted by Gasteiger charge is 2.27. The van der Waals surface area contributed by atoms with Crippen molar-refractivity contribution in [1.82, 2.24) is 10.6 Å². The van der Waals surface area contributed by atoms with Crippen LogP contribution in [0.4, 0.5) is 23.2 Å². The third kappa shape index (κ3) is 5.52. The van der Waals surface area contributed by atoms with E-state index < -0.39 is 18.2 Å². The molecule has 0 amide bonds. The molecule has 1 heterocycles. The summed E-state index contributed by atoms with van der Waals surface area (Å²) in [5, 5.41) is 6.32. The van der Waals surface area contributed by atoms with Gasteiger partial charge in [0.1, 0.15) is 23.1 Å². The highest BCUT2D eigenvalue weighted by Crippen LogP contribution is 2.26. The van der Waals surface area contributed by atoms with Gasteiger partial charge in [0.25, 0.3) is 0 Å². The van der Waals surface area contributed by atoms with Crippen molar-refractivity contribution in [2.75, 3.05) is 25.0 Å². The Hall–Kier alpha value is -2.97. The Morgan fingerprint density at radius 2 is 1.93 bits per heavy atom. The number of para-hydroxylation sites is 1. The van der Waals surface area contributed by atoms with Gasteiger partial charge in [0, 0.05) is 32.7 Å². The number of aliphatic imine (C=N–C) groups is 1. The maximum Gasteiger partial charge on any atom is 0.387 e. The summed E-state index contributed by atoms with van der Waals surface area (Å²) in [4.78, 5) is 5.81. The van der Waals surface area contributed by atoms with Crippen molar-refractivity contribution in [3.05, 3.63) is 59.7 Å². The van der Waals surface area contributed by atoms with E-state index in [1.807, 2.05) is 0 Å². The van der Waals surface area contributed by atoms with E-state index >= 15 is 0 Å². The van der Waals surface area contributed by atoms with Crippen LogP contribution in [0.3, 0.4) is 0 Å². The van der Waals surface area contributed by atoms with E-state index in [4.69, 9.17) is 0 Å². The largest absolute Gasteiger partial charge is 0.435 e. The lowest BCUT2D eigenvalue weighted by Crippen LogP contribution is -2.44. The quantitative estimate of drug-likeness (QED) is 0.435. The van der Waals surface area contributed by atoms with Gasteiger partial charge in [0.15, 0.2) is 5.96 Å². The lowest BCUT2D eigenvalue weighted by Gasteiger charge is -2.21. The average molecular weight is 410 g/mol. The molecule has 0 aromatic heterocycles. The first-order chi connectivity index (χ1) is 14.0. The van der Waals surface area contributed by atoms with Crippen molar-refractivity contribution in [2.45, 2.75) is 25.6 Å². The number of benzene rings is 2. The number of rotatable bonds is 6. The monoisotopic (exact) mass is 410 g/mol. The van der Waals surface area contributed by atoms with Crippen molar-refractivity contribution in [2.24, 2.45) is 4.99 Å². The van der Waals surface area contributed by atoms with Crippen molar-refractivity contribution in [3.63, 3.8) is 0 Å². The van der Waals surface area contributed by atoms with E-state index in [2.05, 4.69) is 20.4 Å². The van der Waals surface area contributed by atoms with Crippen LogP contribution in [0.2, 0.25) is 0 Å². The number of alkyl halides is 2. The third-order valence-electron chi connectivity index (χ3n) is 4.59. The summed E-state index contributed by atoms with van der Waals surface area (Å²) < 4.78 is 57.0. The van der Waals surface area contributed by atoms with Crippen LogP contribution >= 0.6 is 0 Å². The number of hydrogen-bond donors (Lipinski definition) is 2. The molecule has 2 aromatic rings. The molecule has 2 aromatic carbocycles. The minimum absolute atomic E-state index is 0.0180. The molecule has 1 fully saturated rings. The minimum atomic E-state index is -2.88. The predicted molar refractivity (Wildman–Crippen MR) is 103 cm³/mol. The van der Waals surface area contributed by atoms with E-state index in [1.54, 1.807) is 24.1 Å². The van der Waals surface area contributed by atoms with Crippen molar-refractivity contribution in [3.8, 4) is 5.75 Å². The highest BCUT2D eigenvalue weighted by molar-refractivity contribution is 5.80. The summed E-state index contributed by atoms with van der Waals surface area (Å²) in [7, 11) is 1.61. The molecule has 1 unspecified atom stereocenters. The third-order valence-corrected chi connectivity index (χ3v) is 4.59. The fourth-order valence-corrected chi connectivity index (χ4v) is 3.28. The number of nitrogens with zero attached hydrogens (tertiary/aromatic N) is 2. The Bertz CT molecular complexity index is 842. The summed E-state index contributed by atoms with van der Waals surface area (Å²) >= 11 is 0. The zero-order chi connectivity index (χ0) is 20.8. The summed E-state index contributed by atoms with van der Waals surface area (Å²) in [6.45, 7) is -1.59. The van der Waals surface area contributed by atoms with E-state index in [0.29, 0.717) is 32.0 Å². The second-order valence-corrected chi connectivity index (χ2v) is 6.60. The van der Waals surface area contributed by atoms with Crippen molar-refractivity contribution in [1.29, 1.82) is 0 Å². The first-order valence-electron chi connectivity index (χ1n) is 9.16. The number of nitrogens with one attached hydrogen (secondary N) is 2. The Kier molecular flexibility index (Phi) is 6.79. The number of ether oxygens (including phenoxy) is 1. The molecule has 2 N–H and O–H groups in total. The van der Waals surface area contributed by atoms with Gasteiger partial charge in [-0.05, 0) is 36.2 Å². The SMILES string of the molecule is CN=C(NCc1cccc(OC(F)F)c1)NC1CCN(c2c(F)cccc2F)C1. The summed E-state index contributed by atoms with van der Waals surface area (Å²) in [5.74, 6) is -0.579. The van der Waals surface area contributed by atoms with Crippen LogP contribution in [0, 0.1) is 11.6 Å². The van der Waals surface area contributed by atoms with E-state index in [-0.39, 0.29) is 17.5 Å². The van der Waals surface area contributed by atoms with Gasteiger partial charge in [0.2, 0.25) is 0 Å². The Balaban J connectivity index is 1.55. The number of anilines is 1. The summed E-state index contributed by atoms with van der Waals surface area (Å²) in [5.41, 5.74) is 0.725. The maximum atomic E-state index is 14.0. The molecule has 1 aliphatic heterocycles. The lowest BCUT2D eigenvalue weighted by molar-refractivity contribution is -0.0498. The molecule has 5 nitrogen and oxygen atoms in total. The van der Waals surface area contributed by atoms with Crippen LogP contribution in [0.5, 0.6) is 5.75 Å². The van der Waals surface area contributed by atoms with Crippen LogP contribution in [0.1, 0.15) is 12.0 Å². The topological polar surface area (TPSA) is 48.9 Å². The van der Waals surface area contributed by atoms with Gasteiger partial charge in [-0.25, -0.2) is 8.78 Å². The molecular weight excluding hydrogens is 388 g/mol. The minimum Gasteiger partial charge on any atom is -0.435 e. The first kappa shape index (κ1) is 20.8. The van der Waals surface area contributed by atoms with Crippen LogP contribution in [0.25, 0.3) is 0 Å². The van der Waals surface area contributed by atoms with Gasteiger partial charge in [-0.2, -0.15) is 8.78 Å². The van der Waals surface area contributed by atoms with Gasteiger partial charge in [-0.15, -0.1) is 0 Å². The zero-order valence-corrected chi connectivity index (χ0v) is 15.8. The lowest BCUT2D eigenvalue weighted by atomic mass is 10.2. The molecule has 156 valence electrons. The van der Waals surface area contributed by atoms with Gasteiger partial charge >= 0.3 is 6.61 Å². The summed E-state index contributed by atoms with van der Waals surface area (Å²) in [6.07, 6.45) is 0.687. The predicted octanol–water partition coefficient (Wildman–Crippen LogP) is 3.51. The molecule has 0 saturated carbocycles. The number of halogens is 4. The van der Waals surface area contributed by atoms with Gasteiger partial charge in [-0.1, -0.05) is 18.2 Å². The Morgan fingerprint density at radius 3 is 2.62 bits per heavy atom. The molecule has 3 rings (SSSR count). The highest BCUT2D eigenvalue weighted by atomic mass is 19.3. The van der Waals surface area contributed by atoms with E-state index in [1.165, 1.54) is 30.3 Å². The number of hydrogen-bond acceptors (Lipinski definition) is 3. The molecule has 9 heteroatoms. The average Bonchev–Trinajstić information content (AvgIpc) is 3.13. The van der Waals surface area contributed by atoms with Crippen molar-refractivity contribution < 1.29 is 22.3 Å². The van der Waals surface area contributed by atoms with Gasteiger partial charge in [0.05, 0.1) is 0 Å². The smallest absolute Gasteiger partial charge is 0.387 e. The van der Waals surface area contributed by atoms with E-state index in [9.17, 15) is 17.6 Å². The standard InChI is InChI=1S/C20H22F4N4O/c1-25-20(26-11-13-4-2-5-15(10-13)29-19(23)24)27-14-8-9-28(12-14)18-16(21)6-3-7-17(18)22/h2-7,10,14,19H,8-9,11-12H2,1H3,(H2,25,26,27). The molecule has 0 aliphatic carbocycles. The maximum absolute atomic E-state index is 14.0. The van der Waals surface area contributed by atoms with Crippen molar-refractivity contribution >= 4 is 11.6 Å². The fraction of sp³-hybridized carbons (Fsp3) is 0.350. The molecular formula is C20H22F4N4O. The Labute approximate surface area is 166 Å². The number of guanidine groups is 1. The van der Waals surface area contributed by atoms with Crippen LogP contribution < -0.4 is 20.3 Å². The van der Waals surface area contributed by atoms with E-state index in [0.717, 1.165) is 5.56 Å². The molecule has 1 atom stereocenters. The second-order valence-electron chi connectivity index (χ2n) is 6.60. The molecule has 1 saturated heterocycles. The Morgan fingerprint density at radius 1 is 1.21 bits per heavy atom. The van der Waals surface area contributed by atoms with Crippen LogP contribution in [-0.4, -0.2) is 38.8 Å².